The molecule has 0 aromatic carbocycles. The molecule has 4 unspecified atom stereocenters. The maximum atomic E-state index is 13.7. The van der Waals surface area contributed by atoms with Crippen molar-refractivity contribution >= 4 is 33.4 Å². The number of aromatic nitrogens is 1. The van der Waals surface area contributed by atoms with Crippen LogP contribution in [0.2, 0.25) is 0 Å². The summed E-state index contributed by atoms with van der Waals surface area (Å²) in [5.41, 5.74) is 0.892. The molecule has 1 fully saturated rings. The maximum Gasteiger partial charge on any atom is 0.271 e. The standard InChI is InChI=1S/C24H35N3O2S/c1-15(2)9-11-27-22(28)20-13-21-19(10-12-30-21)26(20)14-24(27,5)23(29)25-18-8-6-7-16(3)17(18)4/h10,12-13,15-18H,6-9,11,14H2,1-5H3,(H,25,29). The molecule has 1 aliphatic heterocycles. The van der Waals surface area contributed by atoms with E-state index < -0.39 is 5.54 Å². The van der Waals surface area contributed by atoms with Gasteiger partial charge in [0, 0.05) is 12.6 Å². The van der Waals surface area contributed by atoms with Crippen LogP contribution in [0.15, 0.2) is 17.5 Å². The van der Waals surface area contributed by atoms with E-state index in [2.05, 4.69) is 49.0 Å². The zero-order chi connectivity index (χ0) is 21.6. The molecule has 164 valence electrons. The van der Waals surface area contributed by atoms with E-state index in [9.17, 15) is 9.59 Å². The Labute approximate surface area is 183 Å². The summed E-state index contributed by atoms with van der Waals surface area (Å²) in [6, 6.07) is 4.24. The molecule has 4 atom stereocenters. The Morgan fingerprint density at radius 1 is 1.33 bits per heavy atom. The third-order valence-electron chi connectivity index (χ3n) is 7.49. The quantitative estimate of drug-likeness (QED) is 0.735. The lowest BCUT2D eigenvalue weighted by Gasteiger charge is -2.46. The van der Waals surface area contributed by atoms with E-state index >= 15 is 0 Å². The summed E-state index contributed by atoms with van der Waals surface area (Å²) in [5, 5.41) is 5.42. The van der Waals surface area contributed by atoms with Gasteiger partial charge in [0.15, 0.2) is 0 Å². The first kappa shape index (κ1) is 21.4. The van der Waals surface area contributed by atoms with Gasteiger partial charge in [-0.1, -0.05) is 40.5 Å². The number of carbonyl (C=O) groups is 2. The second-order valence-electron chi connectivity index (χ2n) is 10.0. The van der Waals surface area contributed by atoms with E-state index in [1.165, 1.54) is 6.42 Å². The van der Waals surface area contributed by atoms with Gasteiger partial charge < -0.3 is 14.8 Å². The van der Waals surface area contributed by atoms with E-state index in [0.29, 0.717) is 36.5 Å². The lowest BCUT2D eigenvalue weighted by Crippen LogP contribution is -2.65. The minimum atomic E-state index is -0.882. The van der Waals surface area contributed by atoms with Crippen molar-refractivity contribution in [3.63, 3.8) is 0 Å². The van der Waals surface area contributed by atoms with Gasteiger partial charge in [0.25, 0.3) is 5.91 Å². The number of carbonyl (C=O) groups excluding carboxylic acids is 2. The molecule has 0 saturated heterocycles. The number of thiophene rings is 1. The fourth-order valence-electron chi connectivity index (χ4n) is 5.12. The van der Waals surface area contributed by atoms with Crippen LogP contribution in [0.3, 0.4) is 0 Å². The summed E-state index contributed by atoms with van der Waals surface area (Å²) in [6.45, 7) is 11.9. The number of hydrogen-bond acceptors (Lipinski definition) is 3. The molecule has 1 aliphatic carbocycles. The smallest absolute Gasteiger partial charge is 0.271 e. The van der Waals surface area contributed by atoms with Crippen molar-refractivity contribution in [1.29, 1.82) is 0 Å². The van der Waals surface area contributed by atoms with Gasteiger partial charge in [0.05, 0.1) is 16.8 Å². The molecule has 6 heteroatoms. The maximum absolute atomic E-state index is 13.7. The first-order chi connectivity index (χ1) is 14.2. The highest BCUT2D eigenvalue weighted by Gasteiger charge is 2.48. The van der Waals surface area contributed by atoms with Gasteiger partial charge in [-0.2, -0.15) is 0 Å². The number of rotatable bonds is 5. The fraction of sp³-hybridized carbons (Fsp3) is 0.667. The molecule has 2 aromatic heterocycles. The SMILES string of the molecule is CC(C)CCN1C(=O)c2cc3sccc3n2CC1(C)C(=O)NC1CCCC(C)C1C. The first-order valence-corrected chi connectivity index (χ1v) is 12.3. The van der Waals surface area contributed by atoms with E-state index in [4.69, 9.17) is 0 Å². The molecule has 2 amide bonds. The van der Waals surface area contributed by atoms with Crippen LogP contribution < -0.4 is 5.32 Å². The van der Waals surface area contributed by atoms with Crippen LogP contribution in [-0.4, -0.2) is 39.4 Å². The minimum Gasteiger partial charge on any atom is -0.351 e. The van der Waals surface area contributed by atoms with E-state index in [-0.39, 0.29) is 17.9 Å². The molecule has 2 aromatic rings. The Morgan fingerprint density at radius 2 is 2.10 bits per heavy atom. The molecule has 3 heterocycles. The minimum absolute atomic E-state index is 0.00622. The molecule has 4 rings (SSSR count). The van der Waals surface area contributed by atoms with Gasteiger partial charge in [-0.25, -0.2) is 0 Å². The summed E-state index contributed by atoms with van der Waals surface area (Å²) in [6.07, 6.45) is 4.30. The number of nitrogens with one attached hydrogen (secondary N) is 1. The second-order valence-corrected chi connectivity index (χ2v) is 11.0. The van der Waals surface area contributed by atoms with Crippen LogP contribution >= 0.6 is 11.3 Å². The van der Waals surface area contributed by atoms with E-state index in [1.807, 2.05) is 17.9 Å². The molecule has 0 bridgehead atoms. The average Bonchev–Trinajstić information content (AvgIpc) is 3.27. The Morgan fingerprint density at radius 3 is 2.83 bits per heavy atom. The zero-order valence-electron chi connectivity index (χ0n) is 18.9. The Kier molecular flexibility index (Phi) is 5.73. The Hall–Kier alpha value is -1.82. The van der Waals surface area contributed by atoms with Crippen molar-refractivity contribution in [1.82, 2.24) is 14.8 Å². The molecule has 2 aliphatic rings. The highest BCUT2D eigenvalue weighted by atomic mass is 32.1. The largest absolute Gasteiger partial charge is 0.351 e. The predicted molar refractivity (Wildman–Crippen MR) is 123 cm³/mol. The number of hydrogen-bond donors (Lipinski definition) is 1. The van der Waals surface area contributed by atoms with Crippen LogP contribution in [0.4, 0.5) is 0 Å². The molecule has 5 nitrogen and oxygen atoms in total. The summed E-state index contributed by atoms with van der Waals surface area (Å²) in [5.74, 6) is 1.52. The number of fused-ring (bicyclic) bond motifs is 3. The van der Waals surface area contributed by atoms with Crippen molar-refractivity contribution in [2.75, 3.05) is 6.54 Å². The summed E-state index contributed by atoms with van der Waals surface area (Å²) in [7, 11) is 0. The van der Waals surface area contributed by atoms with Crippen LogP contribution in [0.1, 0.15) is 70.8 Å². The third-order valence-corrected chi connectivity index (χ3v) is 8.34. The van der Waals surface area contributed by atoms with E-state index in [1.54, 1.807) is 11.3 Å². The van der Waals surface area contributed by atoms with Crippen molar-refractivity contribution in [3.8, 4) is 0 Å². The summed E-state index contributed by atoms with van der Waals surface area (Å²) < 4.78 is 3.17. The van der Waals surface area contributed by atoms with Gasteiger partial charge in [-0.15, -0.1) is 11.3 Å². The molecule has 1 N–H and O–H groups in total. The van der Waals surface area contributed by atoms with Gasteiger partial charge in [0.1, 0.15) is 11.2 Å². The van der Waals surface area contributed by atoms with Crippen molar-refractivity contribution in [2.45, 2.75) is 78.4 Å². The Bertz CT molecular complexity index is 946. The average molecular weight is 430 g/mol. The molecule has 1 saturated carbocycles. The molecule has 0 spiro atoms. The van der Waals surface area contributed by atoms with Gasteiger partial charge in [-0.3, -0.25) is 9.59 Å². The fourth-order valence-corrected chi connectivity index (χ4v) is 5.94. The highest BCUT2D eigenvalue weighted by Crippen LogP contribution is 2.36. The number of nitrogens with zero attached hydrogens (tertiary/aromatic N) is 2. The summed E-state index contributed by atoms with van der Waals surface area (Å²) >= 11 is 1.65. The van der Waals surface area contributed by atoms with Gasteiger partial charge in [0.2, 0.25) is 5.91 Å². The van der Waals surface area contributed by atoms with Gasteiger partial charge in [-0.05, 0) is 55.0 Å². The molecule has 0 radical (unpaired) electrons. The molecular weight excluding hydrogens is 394 g/mol. The highest BCUT2D eigenvalue weighted by molar-refractivity contribution is 7.17. The normalized spacial score (nSPS) is 29.5. The number of amides is 2. The van der Waals surface area contributed by atoms with E-state index in [0.717, 1.165) is 29.5 Å². The Balaban J connectivity index is 1.67. The summed E-state index contributed by atoms with van der Waals surface area (Å²) in [4.78, 5) is 29.1. The van der Waals surface area contributed by atoms with Crippen LogP contribution in [0.5, 0.6) is 0 Å². The topological polar surface area (TPSA) is 54.3 Å². The predicted octanol–water partition coefficient (Wildman–Crippen LogP) is 4.90. The van der Waals surface area contributed by atoms with Crippen LogP contribution in [-0.2, 0) is 11.3 Å². The van der Waals surface area contributed by atoms with Gasteiger partial charge >= 0.3 is 0 Å². The lowest BCUT2D eigenvalue weighted by atomic mass is 9.77. The zero-order valence-corrected chi connectivity index (χ0v) is 19.7. The first-order valence-electron chi connectivity index (χ1n) is 11.4. The van der Waals surface area contributed by atoms with Crippen LogP contribution in [0, 0.1) is 17.8 Å². The lowest BCUT2D eigenvalue weighted by molar-refractivity contribution is -0.134. The van der Waals surface area contributed by atoms with Crippen molar-refractivity contribution in [3.05, 3.63) is 23.2 Å². The monoisotopic (exact) mass is 429 g/mol. The second kappa shape index (κ2) is 8.03. The van der Waals surface area contributed by atoms with Crippen LogP contribution in [0.25, 0.3) is 10.2 Å². The van der Waals surface area contributed by atoms with Crippen molar-refractivity contribution < 1.29 is 9.59 Å². The molecular formula is C24H35N3O2S. The molecule has 30 heavy (non-hydrogen) atoms. The van der Waals surface area contributed by atoms with Crippen molar-refractivity contribution in [2.24, 2.45) is 17.8 Å². The third kappa shape index (κ3) is 3.57.